The summed E-state index contributed by atoms with van der Waals surface area (Å²) in [6.45, 7) is 4.76. The van der Waals surface area contributed by atoms with Gasteiger partial charge in [-0.1, -0.05) is 24.3 Å². The standard InChI is InChI=1S/C17H23N5O2/c1-3-24-17(23)20-16-19-15-9-8-14(11(2)22(15)21-16)13-6-4-12(10-18)5-7-13/h4-7,11,14H,3,8-10,18H2,1-2H3,(H,20,21,23). The van der Waals surface area contributed by atoms with Crippen LogP contribution in [0.2, 0.25) is 0 Å². The molecule has 7 nitrogen and oxygen atoms in total. The fourth-order valence-corrected chi connectivity index (χ4v) is 3.21. The quantitative estimate of drug-likeness (QED) is 0.899. The van der Waals surface area contributed by atoms with Gasteiger partial charge in [0.05, 0.1) is 12.6 Å². The fraction of sp³-hybridized carbons (Fsp3) is 0.471. The average Bonchev–Trinajstić information content (AvgIpc) is 2.99. The van der Waals surface area contributed by atoms with Crippen LogP contribution in [0.15, 0.2) is 24.3 Å². The number of carbonyl (C=O) groups excluding carboxylic acids is 1. The number of anilines is 1. The number of aryl methyl sites for hydroxylation is 1. The first-order valence-corrected chi connectivity index (χ1v) is 8.30. The van der Waals surface area contributed by atoms with E-state index >= 15 is 0 Å². The number of aromatic nitrogens is 3. The van der Waals surface area contributed by atoms with E-state index in [4.69, 9.17) is 10.5 Å². The second kappa shape index (κ2) is 7.00. The van der Waals surface area contributed by atoms with Gasteiger partial charge in [-0.2, -0.15) is 4.98 Å². The summed E-state index contributed by atoms with van der Waals surface area (Å²) in [5.74, 6) is 1.56. The van der Waals surface area contributed by atoms with Gasteiger partial charge in [0.15, 0.2) is 0 Å². The van der Waals surface area contributed by atoms with Crippen LogP contribution in [0.4, 0.5) is 10.7 Å². The van der Waals surface area contributed by atoms with Gasteiger partial charge in [-0.15, -0.1) is 5.10 Å². The zero-order chi connectivity index (χ0) is 17.1. The molecule has 2 unspecified atom stereocenters. The summed E-state index contributed by atoms with van der Waals surface area (Å²) in [6.07, 6.45) is 1.30. The number of benzene rings is 1. The SMILES string of the molecule is CCOC(=O)Nc1nc2n(n1)C(C)C(c1ccc(CN)cc1)CC2. The zero-order valence-electron chi connectivity index (χ0n) is 14.0. The van der Waals surface area contributed by atoms with Gasteiger partial charge in [-0.3, -0.25) is 5.32 Å². The summed E-state index contributed by atoms with van der Waals surface area (Å²) in [5.41, 5.74) is 8.07. The summed E-state index contributed by atoms with van der Waals surface area (Å²) < 4.78 is 6.78. The third kappa shape index (κ3) is 3.26. The minimum Gasteiger partial charge on any atom is -0.450 e. The van der Waals surface area contributed by atoms with Gasteiger partial charge < -0.3 is 10.5 Å². The van der Waals surface area contributed by atoms with Crippen molar-refractivity contribution < 1.29 is 9.53 Å². The monoisotopic (exact) mass is 329 g/mol. The van der Waals surface area contributed by atoms with E-state index in [2.05, 4.69) is 46.6 Å². The first kappa shape index (κ1) is 16.4. The molecule has 0 fully saturated rings. The Morgan fingerprint density at radius 1 is 1.42 bits per heavy atom. The van der Waals surface area contributed by atoms with E-state index in [1.807, 2.05) is 4.68 Å². The number of nitrogens with one attached hydrogen (secondary N) is 1. The molecule has 0 aliphatic carbocycles. The maximum absolute atomic E-state index is 11.5. The topological polar surface area (TPSA) is 95.1 Å². The van der Waals surface area contributed by atoms with Gasteiger partial charge in [-0.25, -0.2) is 9.48 Å². The summed E-state index contributed by atoms with van der Waals surface area (Å²) in [4.78, 5) is 15.9. The van der Waals surface area contributed by atoms with Crippen LogP contribution in [0.1, 0.15) is 49.2 Å². The Morgan fingerprint density at radius 2 is 2.17 bits per heavy atom. The Hall–Kier alpha value is -2.41. The van der Waals surface area contributed by atoms with Crippen molar-refractivity contribution in [1.82, 2.24) is 14.8 Å². The highest BCUT2D eigenvalue weighted by molar-refractivity contribution is 5.82. The largest absolute Gasteiger partial charge is 0.450 e. The molecule has 1 aliphatic heterocycles. The summed E-state index contributed by atoms with van der Waals surface area (Å²) in [5, 5.41) is 7.01. The molecule has 0 saturated carbocycles. The van der Waals surface area contributed by atoms with Crippen LogP contribution in [-0.2, 0) is 17.7 Å². The number of nitrogens with two attached hydrogens (primary N) is 1. The van der Waals surface area contributed by atoms with E-state index < -0.39 is 6.09 Å². The molecule has 2 aromatic rings. The molecule has 1 aromatic heterocycles. The van der Waals surface area contributed by atoms with Crippen molar-refractivity contribution in [3.05, 3.63) is 41.2 Å². The highest BCUT2D eigenvalue weighted by atomic mass is 16.5. The highest BCUT2D eigenvalue weighted by Crippen LogP contribution is 2.37. The Balaban J connectivity index is 1.78. The third-order valence-electron chi connectivity index (χ3n) is 4.48. The van der Waals surface area contributed by atoms with E-state index in [0.717, 1.165) is 24.2 Å². The lowest BCUT2D eigenvalue weighted by molar-refractivity contribution is 0.167. The molecule has 0 bridgehead atoms. The predicted molar refractivity (Wildman–Crippen MR) is 90.8 cm³/mol. The lowest BCUT2D eigenvalue weighted by Gasteiger charge is -2.29. The maximum Gasteiger partial charge on any atom is 0.414 e. The van der Waals surface area contributed by atoms with Crippen molar-refractivity contribution in [2.24, 2.45) is 5.73 Å². The number of nitrogens with zero attached hydrogens (tertiary/aromatic N) is 3. The molecule has 0 spiro atoms. The molecule has 2 heterocycles. The van der Waals surface area contributed by atoms with Gasteiger partial charge in [-0.05, 0) is 31.4 Å². The van der Waals surface area contributed by atoms with Crippen LogP contribution in [0.25, 0.3) is 0 Å². The second-order valence-electron chi connectivity index (χ2n) is 5.97. The number of hydrogen-bond donors (Lipinski definition) is 2. The molecular formula is C17H23N5O2. The molecule has 1 aliphatic rings. The highest BCUT2D eigenvalue weighted by Gasteiger charge is 2.30. The number of amides is 1. The molecular weight excluding hydrogens is 306 g/mol. The third-order valence-corrected chi connectivity index (χ3v) is 4.48. The molecule has 3 N–H and O–H groups in total. The van der Waals surface area contributed by atoms with Gasteiger partial charge in [0.1, 0.15) is 5.82 Å². The maximum atomic E-state index is 11.5. The van der Waals surface area contributed by atoms with Crippen LogP contribution >= 0.6 is 0 Å². The van der Waals surface area contributed by atoms with E-state index in [0.29, 0.717) is 25.0 Å². The summed E-state index contributed by atoms with van der Waals surface area (Å²) >= 11 is 0. The fourth-order valence-electron chi connectivity index (χ4n) is 3.21. The lowest BCUT2D eigenvalue weighted by Crippen LogP contribution is -2.24. The van der Waals surface area contributed by atoms with Gasteiger partial charge in [0.25, 0.3) is 5.95 Å². The van der Waals surface area contributed by atoms with Gasteiger partial charge in [0, 0.05) is 18.9 Å². The normalized spacial score (nSPS) is 19.6. The van der Waals surface area contributed by atoms with Crippen molar-refractivity contribution in [1.29, 1.82) is 0 Å². The summed E-state index contributed by atoms with van der Waals surface area (Å²) in [7, 11) is 0. The van der Waals surface area contributed by atoms with E-state index in [1.54, 1.807) is 6.92 Å². The number of fused-ring (bicyclic) bond motifs is 1. The van der Waals surface area contributed by atoms with Crippen LogP contribution in [0.5, 0.6) is 0 Å². The minimum absolute atomic E-state index is 0.169. The molecule has 24 heavy (non-hydrogen) atoms. The van der Waals surface area contributed by atoms with Gasteiger partial charge >= 0.3 is 6.09 Å². The number of hydrogen-bond acceptors (Lipinski definition) is 5. The first-order valence-electron chi connectivity index (χ1n) is 8.30. The zero-order valence-corrected chi connectivity index (χ0v) is 14.0. The van der Waals surface area contributed by atoms with E-state index in [-0.39, 0.29) is 6.04 Å². The number of rotatable bonds is 4. The Morgan fingerprint density at radius 3 is 2.83 bits per heavy atom. The van der Waals surface area contributed by atoms with Crippen LogP contribution in [0.3, 0.4) is 0 Å². The number of ether oxygens (including phenoxy) is 1. The minimum atomic E-state index is -0.526. The van der Waals surface area contributed by atoms with Crippen LogP contribution in [0, 0.1) is 0 Å². The van der Waals surface area contributed by atoms with Crippen molar-refractivity contribution in [2.75, 3.05) is 11.9 Å². The van der Waals surface area contributed by atoms with E-state index in [1.165, 1.54) is 5.56 Å². The molecule has 0 radical (unpaired) electrons. The molecule has 7 heteroatoms. The molecule has 1 aromatic carbocycles. The molecule has 2 atom stereocenters. The van der Waals surface area contributed by atoms with Crippen molar-refractivity contribution in [3.63, 3.8) is 0 Å². The smallest absolute Gasteiger partial charge is 0.414 e. The van der Waals surface area contributed by atoms with E-state index in [9.17, 15) is 4.79 Å². The lowest BCUT2D eigenvalue weighted by atomic mass is 9.85. The van der Waals surface area contributed by atoms with Crippen LogP contribution < -0.4 is 11.1 Å². The number of carbonyl (C=O) groups is 1. The van der Waals surface area contributed by atoms with Crippen molar-refractivity contribution in [2.45, 2.75) is 45.2 Å². The average molecular weight is 329 g/mol. The Labute approximate surface area is 141 Å². The molecule has 1 amide bonds. The molecule has 128 valence electrons. The first-order chi connectivity index (χ1) is 11.6. The predicted octanol–water partition coefficient (Wildman–Crippen LogP) is 2.60. The second-order valence-corrected chi connectivity index (χ2v) is 5.97. The summed E-state index contributed by atoms with van der Waals surface area (Å²) in [6, 6.07) is 8.61. The van der Waals surface area contributed by atoms with Crippen molar-refractivity contribution in [3.8, 4) is 0 Å². The molecule has 3 rings (SSSR count). The molecule has 0 saturated heterocycles. The Kier molecular flexibility index (Phi) is 4.80. The van der Waals surface area contributed by atoms with Gasteiger partial charge in [0.2, 0.25) is 0 Å². The van der Waals surface area contributed by atoms with Crippen molar-refractivity contribution >= 4 is 12.0 Å². The van der Waals surface area contributed by atoms with Crippen LogP contribution in [-0.4, -0.2) is 27.5 Å². The Bertz CT molecular complexity index is 710.